The molecule has 0 radical (unpaired) electrons. The average molecular weight is 596 g/mol. The first-order chi connectivity index (χ1) is 18.8. The molecule has 0 amide bonds. The van der Waals surface area contributed by atoms with Gasteiger partial charge in [0.15, 0.2) is 6.10 Å². The fourth-order valence-corrected chi connectivity index (χ4v) is 4.31. The van der Waals surface area contributed by atoms with Crippen LogP contribution in [0.2, 0.25) is 0 Å². The first kappa shape index (κ1) is 38.7. The molecule has 1 unspecified atom stereocenters. The van der Waals surface area contributed by atoms with Gasteiger partial charge >= 0.3 is 11.9 Å². The number of quaternary nitrogens is 1. The minimum absolute atomic E-state index is 0.0608. The highest BCUT2D eigenvalue weighted by Crippen LogP contribution is 2.38. The van der Waals surface area contributed by atoms with E-state index in [0.717, 1.165) is 38.5 Å². The van der Waals surface area contributed by atoms with E-state index in [0.29, 0.717) is 30.3 Å². The van der Waals surface area contributed by atoms with E-state index in [1.807, 2.05) is 27.2 Å². The van der Waals surface area contributed by atoms with Gasteiger partial charge in [-0.25, -0.2) is 0 Å². The Morgan fingerprint density at radius 1 is 0.925 bits per heavy atom. The standard InChI is InChI=1S/C28H54NO10P/c1-6-7-8-9-11-14-17-26(31)27(32)18-15-12-10-13-16-19-28(33)39-25(22-36-24(2)30)23-38-40(34,35)37-21-20-29(3,4)5/h11,14,25-27,31-32H,6-10,12-13,15-23H2,1-5H3/b14-11-/t25-,26+,27+/m1/s1. The number of aliphatic hydroxyl groups excluding tert-OH is 2. The third kappa shape index (κ3) is 24.5. The van der Waals surface area contributed by atoms with Crippen LogP contribution < -0.4 is 4.89 Å². The van der Waals surface area contributed by atoms with Gasteiger partial charge in [-0.2, -0.15) is 0 Å². The van der Waals surface area contributed by atoms with Crippen molar-refractivity contribution in [2.75, 3.05) is 47.5 Å². The summed E-state index contributed by atoms with van der Waals surface area (Å²) in [7, 11) is 1.06. The van der Waals surface area contributed by atoms with Crippen LogP contribution in [0.1, 0.15) is 90.9 Å². The number of hydrogen-bond acceptors (Lipinski definition) is 10. The Hall–Kier alpha value is -1.33. The van der Waals surface area contributed by atoms with Gasteiger partial charge in [0.05, 0.1) is 40.0 Å². The first-order valence-electron chi connectivity index (χ1n) is 14.5. The van der Waals surface area contributed by atoms with E-state index in [2.05, 4.69) is 13.0 Å². The number of aliphatic hydroxyl groups is 2. The zero-order valence-electron chi connectivity index (χ0n) is 25.3. The van der Waals surface area contributed by atoms with Gasteiger partial charge in [-0.1, -0.05) is 57.6 Å². The number of likely N-dealkylation sites (N-methyl/N-ethyl adjacent to an activating group) is 1. The van der Waals surface area contributed by atoms with Crippen LogP contribution in [0.15, 0.2) is 12.2 Å². The van der Waals surface area contributed by atoms with E-state index in [9.17, 15) is 29.3 Å². The molecule has 0 aromatic carbocycles. The Bertz CT molecular complexity index is 756. The second-order valence-corrected chi connectivity index (χ2v) is 12.6. The van der Waals surface area contributed by atoms with Crippen molar-refractivity contribution in [3.63, 3.8) is 0 Å². The number of carbonyl (C=O) groups is 2. The number of ether oxygens (including phenoxy) is 2. The van der Waals surface area contributed by atoms with E-state index in [1.54, 1.807) is 0 Å². The zero-order chi connectivity index (χ0) is 30.4. The van der Waals surface area contributed by atoms with E-state index < -0.39 is 44.7 Å². The second-order valence-electron chi connectivity index (χ2n) is 11.1. The van der Waals surface area contributed by atoms with Crippen molar-refractivity contribution < 1.29 is 52.3 Å². The van der Waals surface area contributed by atoms with Gasteiger partial charge < -0.3 is 38.1 Å². The predicted octanol–water partition coefficient (Wildman–Crippen LogP) is 3.65. The highest BCUT2D eigenvalue weighted by molar-refractivity contribution is 7.45. The average Bonchev–Trinajstić information content (AvgIpc) is 2.85. The zero-order valence-corrected chi connectivity index (χ0v) is 26.1. The number of hydrogen-bond donors (Lipinski definition) is 2. The molecule has 40 heavy (non-hydrogen) atoms. The molecule has 0 heterocycles. The van der Waals surface area contributed by atoms with Crippen LogP contribution in [-0.4, -0.2) is 92.5 Å². The lowest BCUT2D eigenvalue weighted by molar-refractivity contribution is -0.870. The lowest BCUT2D eigenvalue weighted by Gasteiger charge is -2.28. The number of esters is 2. The number of allylic oxidation sites excluding steroid dienone is 1. The largest absolute Gasteiger partial charge is 0.756 e. The lowest BCUT2D eigenvalue weighted by Crippen LogP contribution is -2.37. The predicted molar refractivity (Wildman–Crippen MR) is 151 cm³/mol. The van der Waals surface area contributed by atoms with Crippen LogP contribution in [0.3, 0.4) is 0 Å². The van der Waals surface area contributed by atoms with Gasteiger partial charge in [0.25, 0.3) is 7.82 Å². The summed E-state index contributed by atoms with van der Waals surface area (Å²) in [4.78, 5) is 35.4. The van der Waals surface area contributed by atoms with Crippen molar-refractivity contribution in [3.05, 3.63) is 12.2 Å². The number of unbranched alkanes of at least 4 members (excludes halogenated alkanes) is 7. The molecule has 0 aliphatic rings. The van der Waals surface area contributed by atoms with Gasteiger partial charge in [0, 0.05) is 13.3 Å². The van der Waals surface area contributed by atoms with Gasteiger partial charge in [0.2, 0.25) is 0 Å². The molecule has 0 bridgehead atoms. The van der Waals surface area contributed by atoms with Crippen LogP contribution >= 0.6 is 7.82 Å². The molecule has 0 aromatic heterocycles. The molecule has 0 aromatic rings. The molecule has 0 saturated heterocycles. The quantitative estimate of drug-likeness (QED) is 0.0526. The van der Waals surface area contributed by atoms with Crippen LogP contribution in [0.5, 0.6) is 0 Å². The van der Waals surface area contributed by atoms with E-state index in [-0.39, 0.29) is 19.6 Å². The minimum atomic E-state index is -4.61. The van der Waals surface area contributed by atoms with Gasteiger partial charge in [-0.3, -0.25) is 14.2 Å². The van der Waals surface area contributed by atoms with E-state index in [1.165, 1.54) is 19.8 Å². The van der Waals surface area contributed by atoms with Crippen molar-refractivity contribution in [2.45, 2.75) is 109 Å². The normalized spacial score (nSPS) is 15.9. The molecular formula is C28H54NO10P. The molecule has 0 spiro atoms. The molecule has 11 nitrogen and oxygen atoms in total. The Morgan fingerprint density at radius 2 is 1.60 bits per heavy atom. The molecule has 0 aliphatic heterocycles. The SMILES string of the molecule is CCCCC/C=C\C[C@H](O)[C@@H](O)CCCCCCCC(=O)O[C@H](COC(C)=O)COP(=O)([O-])OCC[N+](C)(C)C. The number of rotatable bonds is 25. The monoisotopic (exact) mass is 595 g/mol. The third-order valence-corrected chi connectivity index (χ3v) is 7.01. The van der Waals surface area contributed by atoms with Crippen molar-refractivity contribution in [1.29, 1.82) is 0 Å². The maximum Gasteiger partial charge on any atom is 0.306 e. The van der Waals surface area contributed by atoms with Crippen molar-refractivity contribution >= 4 is 19.8 Å². The second kappa shape index (κ2) is 22.3. The Labute approximate surface area is 241 Å². The van der Waals surface area contributed by atoms with Gasteiger partial charge in [-0.05, 0) is 32.1 Å². The van der Waals surface area contributed by atoms with Gasteiger partial charge in [-0.15, -0.1) is 0 Å². The van der Waals surface area contributed by atoms with E-state index >= 15 is 0 Å². The summed E-state index contributed by atoms with van der Waals surface area (Å²) in [5, 5.41) is 20.2. The van der Waals surface area contributed by atoms with Crippen molar-refractivity contribution in [2.24, 2.45) is 0 Å². The van der Waals surface area contributed by atoms with Crippen LogP contribution in [-0.2, 0) is 32.7 Å². The van der Waals surface area contributed by atoms with E-state index in [4.69, 9.17) is 18.5 Å². The summed E-state index contributed by atoms with van der Waals surface area (Å²) in [6.07, 6.45) is 10.9. The summed E-state index contributed by atoms with van der Waals surface area (Å²) >= 11 is 0. The number of nitrogens with zero attached hydrogens (tertiary/aromatic N) is 1. The fourth-order valence-electron chi connectivity index (χ4n) is 3.58. The fraction of sp³-hybridized carbons (Fsp3) is 0.857. The van der Waals surface area contributed by atoms with Crippen LogP contribution in [0.25, 0.3) is 0 Å². The Balaban J connectivity index is 4.22. The maximum absolute atomic E-state index is 12.3. The smallest absolute Gasteiger partial charge is 0.306 e. The van der Waals surface area contributed by atoms with Crippen LogP contribution in [0.4, 0.5) is 0 Å². The Kier molecular flexibility index (Phi) is 21.5. The maximum atomic E-state index is 12.3. The highest BCUT2D eigenvalue weighted by atomic mass is 31.2. The molecule has 0 rings (SSSR count). The number of phosphoric acid groups is 1. The molecule has 2 N–H and O–H groups in total. The van der Waals surface area contributed by atoms with Crippen molar-refractivity contribution in [3.8, 4) is 0 Å². The number of carbonyl (C=O) groups excluding carboxylic acids is 2. The summed E-state index contributed by atoms with van der Waals surface area (Å²) in [5.74, 6) is -1.14. The molecular weight excluding hydrogens is 541 g/mol. The minimum Gasteiger partial charge on any atom is -0.756 e. The molecule has 236 valence electrons. The molecule has 0 saturated carbocycles. The van der Waals surface area contributed by atoms with Crippen molar-refractivity contribution in [1.82, 2.24) is 0 Å². The number of phosphoric ester groups is 1. The molecule has 12 heteroatoms. The van der Waals surface area contributed by atoms with Gasteiger partial charge in [0.1, 0.15) is 19.8 Å². The summed E-state index contributed by atoms with van der Waals surface area (Å²) in [5.41, 5.74) is 0. The molecule has 4 atom stereocenters. The highest BCUT2D eigenvalue weighted by Gasteiger charge is 2.21. The van der Waals surface area contributed by atoms with Crippen LogP contribution in [0, 0.1) is 0 Å². The first-order valence-corrected chi connectivity index (χ1v) is 16.0. The summed E-state index contributed by atoms with van der Waals surface area (Å²) in [6, 6.07) is 0. The third-order valence-electron chi connectivity index (χ3n) is 6.04. The molecule has 0 aliphatic carbocycles. The molecule has 0 fully saturated rings. The lowest BCUT2D eigenvalue weighted by atomic mass is 10.0. The summed E-state index contributed by atoms with van der Waals surface area (Å²) in [6.45, 7) is 2.88. The Morgan fingerprint density at radius 3 is 2.25 bits per heavy atom. The topological polar surface area (TPSA) is 152 Å². The summed E-state index contributed by atoms with van der Waals surface area (Å²) < 4.78 is 32.3.